The lowest BCUT2D eigenvalue weighted by atomic mass is 9.89. The second kappa shape index (κ2) is 5.57. The van der Waals surface area contributed by atoms with E-state index in [1.54, 1.807) is 12.1 Å². The van der Waals surface area contributed by atoms with E-state index in [-0.39, 0.29) is 22.6 Å². The third kappa shape index (κ3) is 3.49. The maximum Gasteiger partial charge on any atom is 0.461 e. The van der Waals surface area contributed by atoms with Crippen molar-refractivity contribution in [2.24, 2.45) is 0 Å². The summed E-state index contributed by atoms with van der Waals surface area (Å²) in [6, 6.07) is 5.75. The van der Waals surface area contributed by atoms with Crippen LogP contribution in [0.1, 0.15) is 30.7 Å². The Morgan fingerprint density at radius 1 is 1.27 bits per heavy atom. The molecule has 0 bridgehead atoms. The van der Waals surface area contributed by atoms with Gasteiger partial charge in [-0.1, -0.05) is 12.1 Å². The molecule has 1 aromatic carbocycles. The van der Waals surface area contributed by atoms with Crippen LogP contribution in [0.4, 0.5) is 17.6 Å². The highest BCUT2D eigenvalue weighted by Gasteiger charge is 2.50. The third-order valence-corrected chi connectivity index (χ3v) is 4.68. The fraction of sp³-hybridized carbons (Fsp3) is 0.600. The van der Waals surface area contributed by atoms with Gasteiger partial charge in [-0.3, -0.25) is 0 Å². The molecule has 0 aromatic heterocycles. The summed E-state index contributed by atoms with van der Waals surface area (Å²) in [6.45, 7) is 0.714. The second-order valence-corrected chi connectivity index (χ2v) is 6.56. The number of rotatable bonds is 7. The molecule has 2 aliphatic rings. The van der Waals surface area contributed by atoms with E-state index >= 15 is 0 Å². The number of epoxide rings is 1. The van der Waals surface area contributed by atoms with Gasteiger partial charge in [-0.15, -0.1) is 11.6 Å². The van der Waals surface area contributed by atoms with Gasteiger partial charge in [0.2, 0.25) is 0 Å². The summed E-state index contributed by atoms with van der Waals surface area (Å²) in [5.41, 5.74) is 0.885. The van der Waals surface area contributed by atoms with Gasteiger partial charge in [-0.05, 0) is 37.0 Å². The highest BCUT2D eigenvalue weighted by molar-refractivity contribution is 6.26. The van der Waals surface area contributed by atoms with E-state index in [9.17, 15) is 17.6 Å². The molecule has 1 aliphatic carbocycles. The van der Waals surface area contributed by atoms with Gasteiger partial charge in [0.05, 0.1) is 17.6 Å². The van der Waals surface area contributed by atoms with Crippen LogP contribution in [0.3, 0.4) is 0 Å². The molecular formula is C15H15ClF4O2. The van der Waals surface area contributed by atoms with Crippen LogP contribution in [0.15, 0.2) is 24.3 Å². The number of hydrogen-bond acceptors (Lipinski definition) is 2. The topological polar surface area (TPSA) is 21.8 Å². The van der Waals surface area contributed by atoms with Crippen LogP contribution in [0.5, 0.6) is 5.75 Å². The highest BCUT2D eigenvalue weighted by Crippen LogP contribution is 2.55. The largest absolute Gasteiger partial charge is 0.461 e. The Morgan fingerprint density at radius 3 is 2.32 bits per heavy atom. The van der Waals surface area contributed by atoms with Crippen LogP contribution in [-0.2, 0) is 4.74 Å². The van der Waals surface area contributed by atoms with Gasteiger partial charge < -0.3 is 9.47 Å². The zero-order valence-corrected chi connectivity index (χ0v) is 12.3. The van der Waals surface area contributed by atoms with E-state index in [4.69, 9.17) is 16.3 Å². The number of benzene rings is 1. The molecule has 2 atom stereocenters. The predicted octanol–water partition coefficient (Wildman–Crippen LogP) is 4.57. The standard InChI is InChI=1S/C15H15ClF4O2/c16-14(5-6-14)12(7-11-8-21-11)9-1-3-10(4-2-9)22-15(19,20)13(17)18/h1-4,11-13H,5-8H2. The lowest BCUT2D eigenvalue weighted by Crippen LogP contribution is -2.33. The molecular weight excluding hydrogens is 324 g/mol. The number of halogens is 5. The van der Waals surface area contributed by atoms with E-state index in [1.165, 1.54) is 12.1 Å². The van der Waals surface area contributed by atoms with E-state index in [1.807, 2.05) is 0 Å². The van der Waals surface area contributed by atoms with Gasteiger partial charge in [-0.25, -0.2) is 0 Å². The smallest absolute Gasteiger partial charge is 0.428 e. The quantitative estimate of drug-likeness (QED) is 0.413. The number of hydrogen-bond donors (Lipinski definition) is 0. The van der Waals surface area contributed by atoms with Crippen molar-refractivity contribution < 1.29 is 27.0 Å². The fourth-order valence-corrected chi connectivity index (χ4v) is 2.86. The Labute approximate surface area is 130 Å². The Kier molecular flexibility index (Phi) is 4.01. The van der Waals surface area contributed by atoms with Crippen molar-refractivity contribution in [1.29, 1.82) is 0 Å². The van der Waals surface area contributed by atoms with Crippen molar-refractivity contribution >= 4 is 11.6 Å². The molecule has 22 heavy (non-hydrogen) atoms. The average Bonchev–Trinajstić information content (AvgIpc) is 3.35. The Hall–Kier alpha value is -1.01. The molecule has 0 radical (unpaired) electrons. The molecule has 2 nitrogen and oxygen atoms in total. The van der Waals surface area contributed by atoms with Crippen molar-refractivity contribution in [3.05, 3.63) is 29.8 Å². The molecule has 1 heterocycles. The molecule has 2 fully saturated rings. The van der Waals surface area contributed by atoms with Crippen LogP contribution < -0.4 is 4.74 Å². The molecule has 1 saturated carbocycles. The third-order valence-electron chi connectivity index (χ3n) is 4.04. The van der Waals surface area contributed by atoms with Gasteiger partial charge >= 0.3 is 12.5 Å². The molecule has 2 unspecified atom stereocenters. The van der Waals surface area contributed by atoms with Crippen LogP contribution in [0.25, 0.3) is 0 Å². The minimum atomic E-state index is -4.49. The predicted molar refractivity (Wildman–Crippen MR) is 72.9 cm³/mol. The van der Waals surface area contributed by atoms with Gasteiger partial charge in [-0.2, -0.15) is 17.6 Å². The highest BCUT2D eigenvalue weighted by atomic mass is 35.5. The average molecular weight is 339 g/mol. The Balaban J connectivity index is 1.72. The van der Waals surface area contributed by atoms with Crippen molar-refractivity contribution in [2.75, 3.05) is 6.61 Å². The van der Waals surface area contributed by atoms with E-state index in [2.05, 4.69) is 4.74 Å². The maximum absolute atomic E-state index is 12.9. The summed E-state index contributed by atoms with van der Waals surface area (Å²) >= 11 is 6.50. The van der Waals surface area contributed by atoms with Crippen molar-refractivity contribution in [2.45, 2.75) is 48.7 Å². The maximum atomic E-state index is 12.9. The normalized spacial score (nSPS) is 24.2. The second-order valence-electron chi connectivity index (χ2n) is 5.81. The lowest BCUT2D eigenvalue weighted by Gasteiger charge is -2.22. The van der Waals surface area contributed by atoms with Gasteiger partial charge in [0.1, 0.15) is 5.75 Å². The summed E-state index contributed by atoms with van der Waals surface area (Å²) in [6.07, 6.45) is -5.60. The summed E-state index contributed by atoms with van der Waals surface area (Å²) < 4.78 is 59.2. The molecule has 1 aromatic rings. The summed E-state index contributed by atoms with van der Waals surface area (Å²) in [5.74, 6) is -0.235. The van der Waals surface area contributed by atoms with Gasteiger partial charge in [0.25, 0.3) is 0 Å². The van der Waals surface area contributed by atoms with Crippen molar-refractivity contribution in [3.8, 4) is 5.75 Å². The first-order valence-electron chi connectivity index (χ1n) is 7.06. The molecule has 3 rings (SSSR count). The Bertz CT molecular complexity index is 527. The zero-order chi connectivity index (χ0) is 16.0. The first kappa shape index (κ1) is 15.9. The Morgan fingerprint density at radius 2 is 1.86 bits per heavy atom. The minimum absolute atomic E-state index is 0.0614. The summed E-state index contributed by atoms with van der Waals surface area (Å²) in [5, 5.41) is 0. The lowest BCUT2D eigenvalue weighted by molar-refractivity contribution is -0.253. The number of ether oxygens (including phenoxy) is 2. The summed E-state index contributed by atoms with van der Waals surface area (Å²) in [7, 11) is 0. The zero-order valence-electron chi connectivity index (χ0n) is 11.6. The fourth-order valence-electron chi connectivity index (χ4n) is 2.55. The van der Waals surface area contributed by atoms with Gasteiger partial charge in [0, 0.05) is 5.92 Å². The van der Waals surface area contributed by atoms with Crippen LogP contribution >= 0.6 is 11.6 Å². The van der Waals surface area contributed by atoms with Crippen molar-refractivity contribution in [1.82, 2.24) is 0 Å². The van der Waals surface area contributed by atoms with Crippen LogP contribution in [-0.4, -0.2) is 30.1 Å². The first-order chi connectivity index (χ1) is 10.3. The number of alkyl halides is 5. The van der Waals surface area contributed by atoms with Crippen LogP contribution in [0.2, 0.25) is 0 Å². The summed E-state index contributed by atoms with van der Waals surface area (Å²) in [4.78, 5) is -0.304. The van der Waals surface area contributed by atoms with Crippen molar-refractivity contribution in [3.63, 3.8) is 0 Å². The molecule has 0 N–H and O–H groups in total. The molecule has 1 aliphatic heterocycles. The molecule has 1 saturated heterocycles. The van der Waals surface area contributed by atoms with Gasteiger partial charge in [0.15, 0.2) is 0 Å². The van der Waals surface area contributed by atoms with Crippen LogP contribution in [0, 0.1) is 0 Å². The molecule has 0 amide bonds. The molecule has 7 heteroatoms. The van der Waals surface area contributed by atoms with E-state index in [0.717, 1.165) is 24.8 Å². The SMILES string of the molecule is FC(F)C(F)(F)Oc1ccc(C(CC2CO2)C2(Cl)CC2)cc1. The molecule has 0 spiro atoms. The molecule has 122 valence electrons. The first-order valence-corrected chi connectivity index (χ1v) is 7.43. The van der Waals surface area contributed by atoms with E-state index < -0.39 is 12.5 Å². The minimum Gasteiger partial charge on any atom is -0.428 e. The van der Waals surface area contributed by atoms with E-state index in [0.29, 0.717) is 6.61 Å². The monoisotopic (exact) mass is 338 g/mol.